The van der Waals surface area contributed by atoms with Gasteiger partial charge in [0, 0.05) is 18.2 Å². The van der Waals surface area contributed by atoms with Gasteiger partial charge >= 0.3 is 0 Å². The second-order valence-corrected chi connectivity index (χ2v) is 4.94. The van der Waals surface area contributed by atoms with Crippen molar-refractivity contribution in [2.24, 2.45) is 5.73 Å². The van der Waals surface area contributed by atoms with Crippen molar-refractivity contribution in [2.75, 3.05) is 26.4 Å². The Bertz CT molecular complexity index is 582. The van der Waals surface area contributed by atoms with Gasteiger partial charge in [-0.1, -0.05) is 0 Å². The molecule has 2 aliphatic heterocycles. The summed E-state index contributed by atoms with van der Waals surface area (Å²) in [5.74, 6) is 2.53. The van der Waals surface area contributed by atoms with Gasteiger partial charge in [0.2, 0.25) is 0 Å². The van der Waals surface area contributed by atoms with Gasteiger partial charge in [-0.05, 0) is 0 Å². The lowest BCUT2D eigenvalue weighted by Crippen LogP contribution is -2.27. The third-order valence-electron chi connectivity index (χ3n) is 3.64. The van der Waals surface area contributed by atoms with E-state index in [2.05, 4.69) is 9.97 Å². The molecule has 2 atom stereocenters. The van der Waals surface area contributed by atoms with E-state index < -0.39 is 0 Å². The minimum Gasteiger partial charge on any atom is -0.486 e. The van der Waals surface area contributed by atoms with Crippen LogP contribution in [0.15, 0.2) is 12.1 Å². The largest absolute Gasteiger partial charge is 0.486 e. The van der Waals surface area contributed by atoms with Crippen LogP contribution in [-0.4, -0.2) is 42.4 Å². The fourth-order valence-corrected chi connectivity index (χ4v) is 2.59. The van der Waals surface area contributed by atoms with E-state index in [1.54, 1.807) is 0 Å². The Morgan fingerprint density at radius 1 is 1.16 bits per heavy atom. The van der Waals surface area contributed by atoms with Crippen molar-refractivity contribution < 1.29 is 14.2 Å². The van der Waals surface area contributed by atoms with Gasteiger partial charge in [0.25, 0.3) is 0 Å². The van der Waals surface area contributed by atoms with Crippen molar-refractivity contribution in [3.05, 3.63) is 18.0 Å². The van der Waals surface area contributed by atoms with Gasteiger partial charge in [-0.25, -0.2) is 4.98 Å². The molecule has 100 valence electrons. The van der Waals surface area contributed by atoms with Crippen LogP contribution in [0.25, 0.3) is 11.0 Å². The highest BCUT2D eigenvalue weighted by Gasteiger charge is 2.29. The number of hydrogen-bond acceptors (Lipinski definition) is 5. The fourth-order valence-electron chi connectivity index (χ4n) is 2.59. The number of ether oxygens (including phenoxy) is 3. The first-order chi connectivity index (χ1) is 9.31. The topological polar surface area (TPSA) is 82.4 Å². The van der Waals surface area contributed by atoms with Gasteiger partial charge in [0.1, 0.15) is 19.0 Å². The molecule has 0 amide bonds. The Hall–Kier alpha value is -1.79. The van der Waals surface area contributed by atoms with Crippen LogP contribution in [0, 0.1) is 0 Å². The molecule has 0 radical (unpaired) electrons. The lowest BCUT2D eigenvalue weighted by atomic mass is 10.0. The monoisotopic (exact) mass is 261 g/mol. The van der Waals surface area contributed by atoms with Crippen LogP contribution in [0.1, 0.15) is 11.7 Å². The maximum Gasteiger partial charge on any atom is 0.163 e. The SMILES string of the molecule is NC1COCC1c1nc2cc3c(cc2[nH]1)OCCO3. The molecule has 2 aliphatic rings. The van der Waals surface area contributed by atoms with Crippen molar-refractivity contribution in [1.82, 2.24) is 9.97 Å². The molecule has 1 saturated heterocycles. The zero-order valence-electron chi connectivity index (χ0n) is 10.4. The van der Waals surface area contributed by atoms with E-state index >= 15 is 0 Å². The van der Waals surface area contributed by atoms with Crippen molar-refractivity contribution in [2.45, 2.75) is 12.0 Å². The first kappa shape index (κ1) is 11.1. The summed E-state index contributed by atoms with van der Waals surface area (Å²) >= 11 is 0. The Balaban J connectivity index is 1.78. The van der Waals surface area contributed by atoms with Crippen LogP contribution in [0.5, 0.6) is 11.5 Å². The molecule has 0 aliphatic carbocycles. The van der Waals surface area contributed by atoms with Crippen molar-refractivity contribution in [1.29, 1.82) is 0 Å². The van der Waals surface area contributed by atoms with Crippen molar-refractivity contribution in [3.8, 4) is 11.5 Å². The van der Waals surface area contributed by atoms with Gasteiger partial charge in [-0.15, -0.1) is 0 Å². The summed E-state index contributed by atoms with van der Waals surface area (Å²) in [5, 5.41) is 0. The molecule has 6 nitrogen and oxygen atoms in total. The number of aromatic amines is 1. The van der Waals surface area contributed by atoms with E-state index in [1.165, 1.54) is 0 Å². The molecule has 0 bridgehead atoms. The van der Waals surface area contributed by atoms with Gasteiger partial charge in [0.05, 0.1) is 30.2 Å². The zero-order valence-corrected chi connectivity index (χ0v) is 10.4. The quantitative estimate of drug-likeness (QED) is 0.792. The minimum atomic E-state index is 0.00249. The average molecular weight is 261 g/mol. The number of imidazole rings is 1. The number of fused-ring (bicyclic) bond motifs is 2. The summed E-state index contributed by atoms with van der Waals surface area (Å²) in [6.45, 7) is 2.37. The maximum atomic E-state index is 6.02. The minimum absolute atomic E-state index is 0.00249. The number of aromatic nitrogens is 2. The van der Waals surface area contributed by atoms with Gasteiger partial charge in [-0.3, -0.25) is 0 Å². The van der Waals surface area contributed by atoms with E-state index in [9.17, 15) is 0 Å². The summed E-state index contributed by atoms with van der Waals surface area (Å²) in [6.07, 6.45) is 0. The lowest BCUT2D eigenvalue weighted by Gasteiger charge is -2.17. The van der Waals surface area contributed by atoms with Gasteiger partial charge in [-0.2, -0.15) is 0 Å². The Kier molecular flexibility index (Phi) is 2.39. The molecule has 0 saturated carbocycles. The summed E-state index contributed by atoms with van der Waals surface area (Å²) in [6, 6.07) is 3.84. The molecule has 3 heterocycles. The molecule has 6 heteroatoms. The lowest BCUT2D eigenvalue weighted by molar-refractivity contribution is 0.172. The predicted octanol–water partition coefficient (Wildman–Crippen LogP) is 0.775. The second kappa shape index (κ2) is 4.11. The summed E-state index contributed by atoms with van der Waals surface area (Å²) in [5.41, 5.74) is 7.84. The zero-order chi connectivity index (χ0) is 12.8. The highest BCUT2D eigenvalue weighted by atomic mass is 16.6. The summed E-state index contributed by atoms with van der Waals surface area (Å²) in [7, 11) is 0. The van der Waals surface area contributed by atoms with Gasteiger partial charge < -0.3 is 24.9 Å². The molecular weight excluding hydrogens is 246 g/mol. The molecule has 19 heavy (non-hydrogen) atoms. The van der Waals surface area contributed by atoms with Crippen LogP contribution >= 0.6 is 0 Å². The summed E-state index contributed by atoms with van der Waals surface area (Å²) in [4.78, 5) is 7.91. The Labute approximate surface area is 109 Å². The van der Waals surface area contributed by atoms with E-state index in [1.807, 2.05) is 12.1 Å². The average Bonchev–Trinajstić information content (AvgIpc) is 3.01. The van der Waals surface area contributed by atoms with Crippen LogP contribution < -0.4 is 15.2 Å². The van der Waals surface area contributed by atoms with Crippen LogP contribution in [0.3, 0.4) is 0 Å². The number of hydrogen-bond donors (Lipinski definition) is 2. The standard InChI is InChI=1S/C13H15N3O3/c14-8-6-17-5-7(8)13-15-9-3-11-12(4-10(9)16-13)19-2-1-18-11/h3-4,7-8H,1-2,5-6,14H2,(H,15,16). The number of H-pyrrole nitrogens is 1. The normalized spacial score (nSPS) is 25.9. The number of nitrogens with two attached hydrogens (primary N) is 1. The Morgan fingerprint density at radius 3 is 2.68 bits per heavy atom. The molecule has 3 N–H and O–H groups in total. The number of benzene rings is 1. The molecule has 4 rings (SSSR count). The first-order valence-corrected chi connectivity index (χ1v) is 6.44. The molecule has 2 aromatic rings. The molecule has 1 aromatic carbocycles. The molecule has 1 fully saturated rings. The van der Waals surface area contributed by atoms with E-state index in [4.69, 9.17) is 19.9 Å². The Morgan fingerprint density at radius 2 is 1.95 bits per heavy atom. The third kappa shape index (κ3) is 1.75. The summed E-state index contributed by atoms with van der Waals surface area (Å²) < 4.78 is 16.5. The number of rotatable bonds is 1. The highest BCUT2D eigenvalue weighted by molar-refractivity contribution is 5.80. The second-order valence-electron chi connectivity index (χ2n) is 4.94. The van der Waals surface area contributed by atoms with Crippen LogP contribution in [0.4, 0.5) is 0 Å². The third-order valence-corrected chi connectivity index (χ3v) is 3.64. The van der Waals surface area contributed by atoms with Crippen LogP contribution in [0.2, 0.25) is 0 Å². The molecule has 0 spiro atoms. The number of nitrogens with zero attached hydrogens (tertiary/aromatic N) is 1. The fraction of sp³-hybridized carbons (Fsp3) is 0.462. The highest BCUT2D eigenvalue weighted by Crippen LogP contribution is 2.34. The maximum absolute atomic E-state index is 6.02. The number of nitrogens with one attached hydrogen (secondary N) is 1. The first-order valence-electron chi connectivity index (χ1n) is 6.44. The molecule has 2 unspecified atom stereocenters. The molecule has 1 aromatic heterocycles. The molecular formula is C13H15N3O3. The van der Waals surface area contributed by atoms with Crippen molar-refractivity contribution >= 4 is 11.0 Å². The van der Waals surface area contributed by atoms with Crippen molar-refractivity contribution in [3.63, 3.8) is 0 Å². The predicted molar refractivity (Wildman–Crippen MR) is 68.6 cm³/mol. The van der Waals surface area contributed by atoms with E-state index in [0.717, 1.165) is 28.4 Å². The van der Waals surface area contributed by atoms with E-state index in [0.29, 0.717) is 26.4 Å². The van der Waals surface area contributed by atoms with Crippen LogP contribution in [-0.2, 0) is 4.74 Å². The van der Waals surface area contributed by atoms with Gasteiger partial charge in [0.15, 0.2) is 11.5 Å². The smallest absolute Gasteiger partial charge is 0.163 e. The van der Waals surface area contributed by atoms with E-state index in [-0.39, 0.29) is 12.0 Å².